The Labute approximate surface area is 109 Å². The molecule has 0 aromatic heterocycles. The maximum absolute atomic E-state index is 11.8. The molecule has 0 radical (unpaired) electrons. The molecule has 1 aliphatic rings. The molecule has 0 saturated carbocycles. The monoisotopic (exact) mass is 298 g/mol. The van der Waals surface area contributed by atoms with Gasteiger partial charge in [0.05, 0.1) is 0 Å². The van der Waals surface area contributed by atoms with E-state index in [1.807, 2.05) is 25.1 Å². The molecule has 1 amide bonds. The maximum Gasteiger partial charge on any atom is 0.414 e. The van der Waals surface area contributed by atoms with E-state index in [0.717, 1.165) is 22.1 Å². The van der Waals surface area contributed by atoms with Crippen molar-refractivity contribution in [2.45, 2.75) is 19.4 Å². The summed E-state index contributed by atoms with van der Waals surface area (Å²) in [5.74, 6) is 0. The van der Waals surface area contributed by atoms with E-state index in [2.05, 4.69) is 15.9 Å². The SMILES string of the molecule is Cc1cc(N2CCC(CN)OC2=O)ccc1Br. The van der Waals surface area contributed by atoms with Crippen LogP contribution in [0.3, 0.4) is 0 Å². The quantitative estimate of drug-likeness (QED) is 0.912. The van der Waals surface area contributed by atoms with Crippen LogP contribution in [0.25, 0.3) is 0 Å². The highest BCUT2D eigenvalue weighted by Gasteiger charge is 2.27. The molecule has 1 aromatic carbocycles. The van der Waals surface area contributed by atoms with Gasteiger partial charge in [-0.3, -0.25) is 4.90 Å². The highest BCUT2D eigenvalue weighted by molar-refractivity contribution is 9.10. The number of nitrogens with two attached hydrogens (primary N) is 1. The van der Waals surface area contributed by atoms with Crippen LogP contribution in [0.5, 0.6) is 0 Å². The van der Waals surface area contributed by atoms with Gasteiger partial charge in [-0.25, -0.2) is 4.79 Å². The van der Waals surface area contributed by atoms with Crippen molar-refractivity contribution in [1.82, 2.24) is 0 Å². The molecule has 1 fully saturated rings. The Hall–Kier alpha value is -1.07. The lowest BCUT2D eigenvalue weighted by molar-refractivity contribution is 0.0888. The van der Waals surface area contributed by atoms with Crippen LogP contribution >= 0.6 is 15.9 Å². The lowest BCUT2D eigenvalue weighted by Gasteiger charge is -2.31. The first kappa shape index (κ1) is 12.4. The van der Waals surface area contributed by atoms with E-state index in [4.69, 9.17) is 10.5 Å². The van der Waals surface area contributed by atoms with Crippen LogP contribution in [0.1, 0.15) is 12.0 Å². The molecule has 1 aromatic rings. The van der Waals surface area contributed by atoms with Crippen LogP contribution in [0.4, 0.5) is 10.5 Å². The van der Waals surface area contributed by atoms with Crippen LogP contribution in [-0.4, -0.2) is 25.3 Å². The molecule has 17 heavy (non-hydrogen) atoms. The van der Waals surface area contributed by atoms with Crippen LogP contribution < -0.4 is 10.6 Å². The van der Waals surface area contributed by atoms with Gasteiger partial charge in [-0.15, -0.1) is 0 Å². The van der Waals surface area contributed by atoms with Crippen molar-refractivity contribution in [3.8, 4) is 0 Å². The summed E-state index contributed by atoms with van der Waals surface area (Å²) in [6.45, 7) is 3.03. The summed E-state index contributed by atoms with van der Waals surface area (Å²) in [4.78, 5) is 13.4. The van der Waals surface area contributed by atoms with E-state index in [1.165, 1.54) is 0 Å². The van der Waals surface area contributed by atoms with E-state index < -0.39 is 0 Å². The van der Waals surface area contributed by atoms with Gasteiger partial charge >= 0.3 is 6.09 Å². The summed E-state index contributed by atoms with van der Waals surface area (Å²) in [6, 6.07) is 5.81. The topological polar surface area (TPSA) is 55.6 Å². The molecule has 0 bridgehead atoms. The number of hydrogen-bond donors (Lipinski definition) is 1. The molecule has 1 saturated heterocycles. The molecule has 92 valence electrons. The van der Waals surface area contributed by atoms with Crippen LogP contribution in [0.15, 0.2) is 22.7 Å². The molecule has 5 heteroatoms. The fourth-order valence-electron chi connectivity index (χ4n) is 1.83. The summed E-state index contributed by atoms with van der Waals surface area (Å²) < 4.78 is 6.26. The molecule has 0 aliphatic carbocycles. The fourth-order valence-corrected chi connectivity index (χ4v) is 2.07. The minimum absolute atomic E-state index is 0.143. The number of halogens is 1. The molecule has 2 N–H and O–H groups in total. The third-order valence-electron chi connectivity index (χ3n) is 2.88. The number of hydrogen-bond acceptors (Lipinski definition) is 3. The van der Waals surface area contributed by atoms with Gasteiger partial charge in [-0.2, -0.15) is 0 Å². The van der Waals surface area contributed by atoms with Crippen molar-refractivity contribution in [3.05, 3.63) is 28.2 Å². The first-order valence-electron chi connectivity index (χ1n) is 5.56. The predicted molar refractivity (Wildman–Crippen MR) is 70.2 cm³/mol. The normalized spacial score (nSPS) is 20.3. The van der Waals surface area contributed by atoms with Crippen molar-refractivity contribution >= 4 is 27.7 Å². The Balaban J connectivity index is 2.17. The van der Waals surface area contributed by atoms with Crippen LogP contribution in [0, 0.1) is 6.92 Å². The average molecular weight is 299 g/mol. The second kappa shape index (κ2) is 5.06. The Morgan fingerprint density at radius 1 is 1.59 bits per heavy atom. The van der Waals surface area contributed by atoms with Crippen LogP contribution in [-0.2, 0) is 4.74 Å². The second-order valence-electron chi connectivity index (χ2n) is 4.12. The third-order valence-corrected chi connectivity index (χ3v) is 3.77. The number of amides is 1. The van der Waals surface area contributed by atoms with Crippen molar-refractivity contribution in [2.24, 2.45) is 5.73 Å². The van der Waals surface area contributed by atoms with Crippen molar-refractivity contribution in [1.29, 1.82) is 0 Å². The molecule has 1 unspecified atom stereocenters. The molecule has 1 atom stereocenters. The number of benzene rings is 1. The molecular weight excluding hydrogens is 284 g/mol. The van der Waals surface area contributed by atoms with E-state index in [0.29, 0.717) is 13.1 Å². The van der Waals surface area contributed by atoms with Gasteiger partial charge < -0.3 is 10.5 Å². The summed E-state index contributed by atoms with van der Waals surface area (Å²) in [5.41, 5.74) is 7.45. The van der Waals surface area contributed by atoms with Gasteiger partial charge in [-0.05, 0) is 30.7 Å². The number of ether oxygens (including phenoxy) is 1. The molecule has 4 nitrogen and oxygen atoms in total. The minimum Gasteiger partial charge on any atom is -0.444 e. The van der Waals surface area contributed by atoms with Gasteiger partial charge in [-0.1, -0.05) is 15.9 Å². The largest absolute Gasteiger partial charge is 0.444 e. The number of carbonyl (C=O) groups excluding carboxylic acids is 1. The Bertz CT molecular complexity index is 437. The van der Waals surface area contributed by atoms with Crippen LogP contribution in [0.2, 0.25) is 0 Å². The average Bonchev–Trinajstić information content (AvgIpc) is 2.32. The molecule has 2 rings (SSSR count). The number of aryl methyl sites for hydroxylation is 1. The van der Waals surface area contributed by atoms with E-state index in [-0.39, 0.29) is 12.2 Å². The zero-order valence-electron chi connectivity index (χ0n) is 9.65. The Morgan fingerprint density at radius 2 is 2.35 bits per heavy atom. The molecule has 0 spiro atoms. The highest BCUT2D eigenvalue weighted by Crippen LogP contribution is 2.25. The lowest BCUT2D eigenvalue weighted by Crippen LogP contribution is -2.44. The fraction of sp³-hybridized carbons (Fsp3) is 0.417. The summed E-state index contributed by atoms with van der Waals surface area (Å²) in [6.07, 6.45) is 0.320. The maximum atomic E-state index is 11.8. The number of rotatable bonds is 2. The van der Waals surface area contributed by atoms with Crippen molar-refractivity contribution in [2.75, 3.05) is 18.0 Å². The predicted octanol–water partition coefficient (Wildman–Crippen LogP) is 2.43. The molecule has 1 aliphatic heterocycles. The number of anilines is 1. The Kier molecular flexibility index (Phi) is 3.69. The molecule has 1 heterocycles. The van der Waals surface area contributed by atoms with Gasteiger partial charge in [0, 0.05) is 29.7 Å². The minimum atomic E-state index is -0.312. The van der Waals surface area contributed by atoms with E-state index in [9.17, 15) is 4.79 Å². The standard InChI is InChI=1S/C12H15BrN2O2/c1-8-6-9(2-3-11(8)13)15-5-4-10(7-14)17-12(15)16/h2-3,6,10H,4-5,7,14H2,1H3. The van der Waals surface area contributed by atoms with Gasteiger partial charge in [0.15, 0.2) is 0 Å². The van der Waals surface area contributed by atoms with Gasteiger partial charge in [0.25, 0.3) is 0 Å². The summed E-state index contributed by atoms with van der Waals surface area (Å²) in [5, 5.41) is 0. The number of carbonyl (C=O) groups is 1. The van der Waals surface area contributed by atoms with Crippen molar-refractivity contribution < 1.29 is 9.53 Å². The second-order valence-corrected chi connectivity index (χ2v) is 4.97. The first-order chi connectivity index (χ1) is 8.11. The zero-order chi connectivity index (χ0) is 12.4. The summed E-state index contributed by atoms with van der Waals surface area (Å²) >= 11 is 3.44. The highest BCUT2D eigenvalue weighted by atomic mass is 79.9. The molecular formula is C12H15BrN2O2. The van der Waals surface area contributed by atoms with Gasteiger partial charge in [0.1, 0.15) is 6.10 Å². The first-order valence-corrected chi connectivity index (χ1v) is 6.35. The van der Waals surface area contributed by atoms with E-state index in [1.54, 1.807) is 4.90 Å². The Morgan fingerprint density at radius 3 is 2.94 bits per heavy atom. The van der Waals surface area contributed by atoms with E-state index >= 15 is 0 Å². The van der Waals surface area contributed by atoms with Gasteiger partial charge in [0.2, 0.25) is 0 Å². The third kappa shape index (κ3) is 2.61. The smallest absolute Gasteiger partial charge is 0.414 e. The summed E-state index contributed by atoms with van der Waals surface area (Å²) in [7, 11) is 0. The zero-order valence-corrected chi connectivity index (χ0v) is 11.2. The lowest BCUT2D eigenvalue weighted by atomic mass is 10.1. The number of nitrogens with zero attached hydrogens (tertiary/aromatic N) is 1. The number of cyclic esters (lactones) is 1. The van der Waals surface area contributed by atoms with Crippen molar-refractivity contribution in [3.63, 3.8) is 0 Å².